The van der Waals surface area contributed by atoms with Crippen LogP contribution in [0.5, 0.6) is 0 Å². The Morgan fingerprint density at radius 1 is 1.44 bits per heavy atom. The van der Waals surface area contributed by atoms with E-state index in [1.54, 1.807) is 25.1 Å². The number of rotatable bonds is 5. The van der Waals surface area contributed by atoms with Gasteiger partial charge in [-0.05, 0) is 40.0 Å². The van der Waals surface area contributed by atoms with Crippen LogP contribution in [0.2, 0.25) is 5.02 Å². The van der Waals surface area contributed by atoms with E-state index in [-0.39, 0.29) is 24.7 Å². The first-order chi connectivity index (χ1) is 8.38. The van der Waals surface area contributed by atoms with Crippen LogP contribution in [0.4, 0.5) is 5.69 Å². The number of carboxylic acids is 1. The van der Waals surface area contributed by atoms with Crippen LogP contribution in [0.25, 0.3) is 0 Å². The number of carboxylic acid groups (broad SMARTS) is 1. The molecule has 0 saturated heterocycles. The number of carbonyl (C=O) groups is 2. The van der Waals surface area contributed by atoms with E-state index in [1.165, 1.54) is 0 Å². The summed E-state index contributed by atoms with van der Waals surface area (Å²) in [6, 6.07) is 5.05. The lowest BCUT2D eigenvalue weighted by atomic mass is 10.0. The van der Waals surface area contributed by atoms with Crippen molar-refractivity contribution in [3.8, 4) is 0 Å². The van der Waals surface area contributed by atoms with E-state index in [9.17, 15) is 9.59 Å². The van der Waals surface area contributed by atoms with Crippen molar-refractivity contribution < 1.29 is 14.7 Å². The molecule has 0 radical (unpaired) electrons. The first-order valence-corrected chi connectivity index (χ1v) is 6.52. The van der Waals surface area contributed by atoms with Crippen molar-refractivity contribution in [3.63, 3.8) is 0 Å². The summed E-state index contributed by atoms with van der Waals surface area (Å²) in [4.78, 5) is 22.1. The molecule has 0 aliphatic heterocycles. The molecule has 0 aliphatic rings. The Morgan fingerprint density at radius 2 is 2.11 bits per heavy atom. The van der Waals surface area contributed by atoms with Crippen LogP contribution in [0.1, 0.15) is 19.8 Å². The van der Waals surface area contributed by atoms with Crippen LogP contribution < -0.4 is 5.32 Å². The van der Waals surface area contributed by atoms with Gasteiger partial charge in [0.25, 0.3) is 0 Å². The molecule has 0 bridgehead atoms. The number of hydrogen-bond acceptors (Lipinski definition) is 2. The Balaban J connectivity index is 2.54. The van der Waals surface area contributed by atoms with Gasteiger partial charge in [-0.15, -0.1) is 0 Å². The number of halogens is 2. The summed E-state index contributed by atoms with van der Waals surface area (Å²) in [6.07, 6.45) is 0.157. The Kier molecular flexibility index (Phi) is 5.62. The van der Waals surface area contributed by atoms with Gasteiger partial charge in [-0.1, -0.05) is 18.5 Å². The van der Waals surface area contributed by atoms with Crippen molar-refractivity contribution in [2.24, 2.45) is 5.92 Å². The molecule has 4 nitrogen and oxygen atoms in total. The predicted octanol–water partition coefficient (Wildman–Crippen LogP) is 3.54. The highest BCUT2D eigenvalue weighted by atomic mass is 79.9. The second-order valence-corrected chi connectivity index (χ2v) is 5.35. The third kappa shape index (κ3) is 5.06. The molecule has 6 heteroatoms. The summed E-state index contributed by atoms with van der Waals surface area (Å²) in [5, 5.41) is 11.9. The van der Waals surface area contributed by atoms with Crippen molar-refractivity contribution in [2.75, 3.05) is 5.32 Å². The second-order valence-electron chi connectivity index (χ2n) is 4.08. The number of benzene rings is 1. The lowest BCUT2D eigenvalue weighted by Crippen LogP contribution is -2.16. The van der Waals surface area contributed by atoms with Crippen LogP contribution >= 0.6 is 27.5 Å². The van der Waals surface area contributed by atoms with Crippen molar-refractivity contribution in [2.45, 2.75) is 19.8 Å². The molecule has 0 spiro atoms. The minimum absolute atomic E-state index is 0.0161. The summed E-state index contributed by atoms with van der Waals surface area (Å²) >= 11 is 9.09. The second kappa shape index (κ2) is 6.75. The van der Waals surface area contributed by atoms with Gasteiger partial charge in [0.2, 0.25) is 5.91 Å². The Bertz CT molecular complexity index is 465. The number of amides is 1. The van der Waals surface area contributed by atoms with E-state index < -0.39 is 5.97 Å². The minimum Gasteiger partial charge on any atom is -0.481 e. The third-order valence-corrected chi connectivity index (χ3v) is 3.47. The van der Waals surface area contributed by atoms with E-state index in [2.05, 4.69) is 21.2 Å². The molecule has 2 N–H and O–H groups in total. The molecule has 18 heavy (non-hydrogen) atoms. The summed E-state index contributed by atoms with van der Waals surface area (Å²) in [5.74, 6) is -1.30. The smallest absolute Gasteiger partial charge is 0.303 e. The van der Waals surface area contributed by atoms with Crippen LogP contribution in [0.3, 0.4) is 0 Å². The van der Waals surface area contributed by atoms with Gasteiger partial charge >= 0.3 is 5.97 Å². The van der Waals surface area contributed by atoms with E-state index in [4.69, 9.17) is 16.7 Å². The Morgan fingerprint density at radius 3 is 2.67 bits per heavy atom. The molecule has 0 saturated carbocycles. The average molecular weight is 335 g/mol. The standard InChI is InChI=1S/C12H13BrClNO3/c1-7(5-12(17)18)4-11(16)15-8-2-3-10(14)9(13)6-8/h2-3,6-7H,4-5H2,1H3,(H,15,16)(H,17,18). The molecule has 1 rings (SSSR count). The van der Waals surface area contributed by atoms with Gasteiger partial charge in [-0.2, -0.15) is 0 Å². The fourth-order valence-electron chi connectivity index (χ4n) is 1.47. The maximum atomic E-state index is 11.6. The van der Waals surface area contributed by atoms with Crippen molar-refractivity contribution in [1.82, 2.24) is 0 Å². The number of nitrogens with one attached hydrogen (secondary N) is 1. The fourth-order valence-corrected chi connectivity index (χ4v) is 1.97. The zero-order valence-corrected chi connectivity index (χ0v) is 12.1. The summed E-state index contributed by atoms with van der Waals surface area (Å²) in [5.41, 5.74) is 0.624. The molecule has 0 aromatic heterocycles. The molecule has 1 unspecified atom stereocenters. The highest BCUT2D eigenvalue weighted by Gasteiger charge is 2.13. The van der Waals surface area contributed by atoms with E-state index in [0.717, 1.165) is 0 Å². The van der Waals surface area contributed by atoms with Crippen LogP contribution in [0.15, 0.2) is 22.7 Å². The van der Waals surface area contributed by atoms with E-state index in [1.807, 2.05) is 0 Å². The highest BCUT2D eigenvalue weighted by molar-refractivity contribution is 9.10. The maximum absolute atomic E-state index is 11.6. The molecule has 1 amide bonds. The lowest BCUT2D eigenvalue weighted by molar-refractivity contribution is -0.138. The van der Waals surface area contributed by atoms with Crippen molar-refractivity contribution in [1.29, 1.82) is 0 Å². The lowest BCUT2D eigenvalue weighted by Gasteiger charge is -2.10. The molecule has 98 valence electrons. The quantitative estimate of drug-likeness (QED) is 0.865. The molecule has 0 aliphatic carbocycles. The Labute approximate surface area is 118 Å². The van der Waals surface area contributed by atoms with Crippen LogP contribution in [-0.4, -0.2) is 17.0 Å². The van der Waals surface area contributed by atoms with Crippen LogP contribution in [-0.2, 0) is 9.59 Å². The number of carbonyl (C=O) groups excluding carboxylic acids is 1. The Hall–Kier alpha value is -1.07. The normalized spacial score (nSPS) is 11.9. The molecule has 1 aromatic rings. The predicted molar refractivity (Wildman–Crippen MR) is 73.8 cm³/mol. The molecule has 0 heterocycles. The van der Waals surface area contributed by atoms with Gasteiger partial charge < -0.3 is 10.4 Å². The molecule has 1 atom stereocenters. The largest absolute Gasteiger partial charge is 0.481 e. The van der Waals surface area contributed by atoms with Gasteiger partial charge in [-0.25, -0.2) is 0 Å². The first-order valence-electron chi connectivity index (χ1n) is 5.35. The van der Waals surface area contributed by atoms with E-state index in [0.29, 0.717) is 15.2 Å². The maximum Gasteiger partial charge on any atom is 0.303 e. The zero-order valence-electron chi connectivity index (χ0n) is 9.74. The zero-order chi connectivity index (χ0) is 13.7. The summed E-state index contributed by atoms with van der Waals surface area (Å²) < 4.78 is 0.695. The van der Waals surface area contributed by atoms with Crippen molar-refractivity contribution >= 4 is 45.1 Å². The average Bonchev–Trinajstić information content (AvgIpc) is 2.21. The van der Waals surface area contributed by atoms with Gasteiger partial charge in [0.05, 0.1) is 5.02 Å². The highest BCUT2D eigenvalue weighted by Crippen LogP contribution is 2.25. The number of hydrogen-bond donors (Lipinski definition) is 2. The number of anilines is 1. The topological polar surface area (TPSA) is 66.4 Å². The van der Waals surface area contributed by atoms with Gasteiger partial charge in [-0.3, -0.25) is 9.59 Å². The molecular formula is C12H13BrClNO3. The van der Waals surface area contributed by atoms with Gasteiger partial charge in [0.15, 0.2) is 0 Å². The van der Waals surface area contributed by atoms with E-state index >= 15 is 0 Å². The first kappa shape index (κ1) is 15.0. The molecule has 0 fully saturated rings. The molecule has 1 aromatic carbocycles. The number of aliphatic carboxylic acids is 1. The monoisotopic (exact) mass is 333 g/mol. The third-order valence-electron chi connectivity index (χ3n) is 2.26. The SMILES string of the molecule is CC(CC(=O)O)CC(=O)Nc1ccc(Cl)c(Br)c1. The minimum atomic E-state index is -0.899. The summed E-state index contributed by atoms with van der Waals surface area (Å²) in [6.45, 7) is 1.73. The fraction of sp³-hybridized carbons (Fsp3) is 0.333. The van der Waals surface area contributed by atoms with Gasteiger partial charge in [0.1, 0.15) is 0 Å². The summed E-state index contributed by atoms with van der Waals surface area (Å²) in [7, 11) is 0. The van der Waals surface area contributed by atoms with Gasteiger partial charge in [0, 0.05) is 23.0 Å². The molecular weight excluding hydrogens is 321 g/mol. The van der Waals surface area contributed by atoms with Crippen LogP contribution in [0, 0.1) is 5.92 Å². The van der Waals surface area contributed by atoms with Crippen molar-refractivity contribution in [3.05, 3.63) is 27.7 Å².